The van der Waals surface area contributed by atoms with Gasteiger partial charge in [-0.05, 0) is 31.0 Å². The van der Waals surface area contributed by atoms with Crippen molar-refractivity contribution in [3.8, 4) is 21.7 Å². The largest absolute Gasteiger partial charge is 0.383 e. The van der Waals surface area contributed by atoms with Gasteiger partial charge in [-0.1, -0.05) is 31.4 Å². The first-order valence-corrected chi connectivity index (χ1v) is 10.3. The van der Waals surface area contributed by atoms with E-state index in [-0.39, 0.29) is 0 Å². The van der Waals surface area contributed by atoms with Crippen LogP contribution in [0.25, 0.3) is 31.9 Å². The van der Waals surface area contributed by atoms with Crippen LogP contribution < -0.4 is 5.73 Å². The third-order valence-corrected chi connectivity index (χ3v) is 6.40. The van der Waals surface area contributed by atoms with Crippen LogP contribution in [-0.4, -0.2) is 19.7 Å². The van der Waals surface area contributed by atoms with E-state index in [0.29, 0.717) is 11.9 Å². The van der Waals surface area contributed by atoms with Gasteiger partial charge < -0.3 is 5.73 Å². The molecule has 1 fully saturated rings. The van der Waals surface area contributed by atoms with Crippen molar-refractivity contribution >= 4 is 27.4 Å². The van der Waals surface area contributed by atoms with Crippen LogP contribution in [-0.2, 0) is 0 Å². The molecule has 0 bridgehead atoms. The standard InChI is InChI=1S/C21H21N5S/c22-20-17(21-25-18-8-4-5-9-19(18)27-21)10-14(11-23-20)15-12-24-26(13-15)16-6-2-1-3-7-16/h4-5,8-13,16H,1-3,6-7H2,(H2,22,23). The molecule has 4 aromatic rings. The first kappa shape index (κ1) is 16.4. The molecule has 2 N–H and O–H groups in total. The zero-order valence-electron chi connectivity index (χ0n) is 15.0. The molecule has 3 heterocycles. The highest BCUT2D eigenvalue weighted by Gasteiger charge is 2.17. The summed E-state index contributed by atoms with van der Waals surface area (Å²) in [6.07, 6.45) is 12.3. The molecule has 6 heteroatoms. The molecular formula is C21H21N5S. The summed E-state index contributed by atoms with van der Waals surface area (Å²) >= 11 is 1.64. The predicted molar refractivity (Wildman–Crippen MR) is 111 cm³/mol. The fourth-order valence-corrected chi connectivity index (χ4v) is 4.81. The van der Waals surface area contributed by atoms with Crippen molar-refractivity contribution in [3.05, 3.63) is 48.9 Å². The molecule has 5 rings (SSSR count). The van der Waals surface area contributed by atoms with Gasteiger partial charge in [0.25, 0.3) is 0 Å². The smallest absolute Gasteiger partial charge is 0.133 e. The monoisotopic (exact) mass is 375 g/mol. The Balaban J connectivity index is 1.51. The molecule has 0 radical (unpaired) electrons. The lowest BCUT2D eigenvalue weighted by Gasteiger charge is -2.21. The normalized spacial score (nSPS) is 15.4. The minimum Gasteiger partial charge on any atom is -0.383 e. The number of hydrogen-bond donors (Lipinski definition) is 1. The van der Waals surface area contributed by atoms with Crippen LogP contribution in [0.2, 0.25) is 0 Å². The highest BCUT2D eigenvalue weighted by Crippen LogP contribution is 2.35. The minimum absolute atomic E-state index is 0.512. The van der Waals surface area contributed by atoms with Gasteiger partial charge in [0, 0.05) is 23.5 Å². The predicted octanol–water partition coefficient (Wildman–Crippen LogP) is 5.31. The minimum atomic E-state index is 0.512. The fraction of sp³-hybridized carbons (Fsp3) is 0.286. The number of pyridine rings is 1. The maximum atomic E-state index is 6.18. The Kier molecular flexibility index (Phi) is 4.13. The number of fused-ring (bicyclic) bond motifs is 1. The first-order chi connectivity index (χ1) is 13.3. The Morgan fingerprint density at radius 1 is 1.04 bits per heavy atom. The molecule has 1 aliphatic carbocycles. The number of aromatic nitrogens is 4. The van der Waals surface area contributed by atoms with Gasteiger partial charge in [-0.15, -0.1) is 11.3 Å². The number of hydrogen-bond acceptors (Lipinski definition) is 5. The quantitative estimate of drug-likeness (QED) is 0.527. The van der Waals surface area contributed by atoms with Crippen molar-refractivity contribution in [1.82, 2.24) is 19.7 Å². The molecule has 0 saturated heterocycles. The summed E-state index contributed by atoms with van der Waals surface area (Å²) in [5.74, 6) is 0.512. The van der Waals surface area contributed by atoms with E-state index < -0.39 is 0 Å². The van der Waals surface area contributed by atoms with Gasteiger partial charge in [-0.25, -0.2) is 9.97 Å². The zero-order chi connectivity index (χ0) is 18.2. The lowest BCUT2D eigenvalue weighted by molar-refractivity contribution is 0.329. The zero-order valence-corrected chi connectivity index (χ0v) is 15.8. The summed E-state index contributed by atoms with van der Waals surface area (Å²) in [6, 6.07) is 10.8. The molecular weight excluding hydrogens is 354 g/mol. The molecule has 1 aromatic carbocycles. The van der Waals surface area contributed by atoms with Crippen molar-refractivity contribution in [1.29, 1.82) is 0 Å². The van der Waals surface area contributed by atoms with E-state index >= 15 is 0 Å². The Morgan fingerprint density at radius 3 is 2.74 bits per heavy atom. The van der Waals surface area contributed by atoms with Crippen molar-refractivity contribution in [2.75, 3.05) is 5.73 Å². The van der Waals surface area contributed by atoms with Gasteiger partial charge in [0.2, 0.25) is 0 Å². The first-order valence-electron chi connectivity index (χ1n) is 9.44. The molecule has 3 aromatic heterocycles. The SMILES string of the molecule is Nc1ncc(-c2cnn(C3CCCCC3)c2)cc1-c1nc2ccccc2s1. The maximum absolute atomic E-state index is 6.18. The summed E-state index contributed by atoms with van der Waals surface area (Å²) in [6.45, 7) is 0. The highest BCUT2D eigenvalue weighted by atomic mass is 32.1. The van der Waals surface area contributed by atoms with Gasteiger partial charge in [0.15, 0.2) is 0 Å². The van der Waals surface area contributed by atoms with Crippen LogP contribution in [0.3, 0.4) is 0 Å². The topological polar surface area (TPSA) is 69.6 Å². The van der Waals surface area contributed by atoms with Crippen molar-refractivity contribution in [3.63, 3.8) is 0 Å². The number of anilines is 1. The average Bonchev–Trinajstić information content (AvgIpc) is 3.36. The van der Waals surface area contributed by atoms with E-state index in [1.165, 1.54) is 32.1 Å². The summed E-state index contributed by atoms with van der Waals surface area (Å²) in [5.41, 5.74) is 10.2. The van der Waals surface area contributed by atoms with Crippen molar-refractivity contribution in [2.45, 2.75) is 38.1 Å². The Morgan fingerprint density at radius 2 is 1.89 bits per heavy atom. The van der Waals surface area contributed by atoms with E-state index in [1.54, 1.807) is 11.3 Å². The number of nitrogens with two attached hydrogens (primary N) is 1. The van der Waals surface area contributed by atoms with E-state index in [2.05, 4.69) is 33.1 Å². The van der Waals surface area contributed by atoms with Crippen LogP contribution in [0.15, 0.2) is 48.9 Å². The van der Waals surface area contributed by atoms with Crippen LogP contribution >= 0.6 is 11.3 Å². The number of rotatable bonds is 3. The van der Waals surface area contributed by atoms with Crippen LogP contribution in [0.1, 0.15) is 38.1 Å². The molecule has 136 valence electrons. The second-order valence-corrected chi connectivity index (χ2v) is 8.18. The second kappa shape index (κ2) is 6.78. The lowest BCUT2D eigenvalue weighted by atomic mass is 9.96. The van der Waals surface area contributed by atoms with E-state index in [0.717, 1.165) is 31.9 Å². The van der Waals surface area contributed by atoms with E-state index in [4.69, 9.17) is 10.7 Å². The fourth-order valence-electron chi connectivity index (χ4n) is 3.82. The van der Waals surface area contributed by atoms with Gasteiger partial charge in [-0.3, -0.25) is 4.68 Å². The van der Waals surface area contributed by atoms with E-state index in [1.807, 2.05) is 30.6 Å². The average molecular weight is 376 g/mol. The van der Waals surface area contributed by atoms with Crippen molar-refractivity contribution < 1.29 is 0 Å². The number of thiazole rings is 1. The van der Waals surface area contributed by atoms with Gasteiger partial charge in [-0.2, -0.15) is 5.10 Å². The van der Waals surface area contributed by atoms with Gasteiger partial charge in [0.05, 0.1) is 28.0 Å². The van der Waals surface area contributed by atoms with Gasteiger partial charge in [0.1, 0.15) is 10.8 Å². The van der Waals surface area contributed by atoms with E-state index in [9.17, 15) is 0 Å². The molecule has 5 nitrogen and oxygen atoms in total. The molecule has 0 aliphatic heterocycles. The molecule has 1 aliphatic rings. The lowest BCUT2D eigenvalue weighted by Crippen LogP contribution is -2.12. The van der Waals surface area contributed by atoms with Crippen LogP contribution in [0.4, 0.5) is 5.82 Å². The number of nitrogens with zero attached hydrogens (tertiary/aromatic N) is 4. The maximum Gasteiger partial charge on any atom is 0.133 e. The molecule has 0 unspecified atom stereocenters. The van der Waals surface area contributed by atoms with Crippen molar-refractivity contribution in [2.24, 2.45) is 0 Å². The van der Waals surface area contributed by atoms with Crippen LogP contribution in [0, 0.1) is 0 Å². The molecule has 1 saturated carbocycles. The summed E-state index contributed by atoms with van der Waals surface area (Å²) in [5, 5.41) is 5.53. The molecule has 0 amide bonds. The van der Waals surface area contributed by atoms with Gasteiger partial charge >= 0.3 is 0 Å². The van der Waals surface area contributed by atoms with Crippen LogP contribution in [0.5, 0.6) is 0 Å². The molecule has 0 spiro atoms. The molecule has 0 atom stereocenters. The third-order valence-electron chi connectivity index (χ3n) is 5.33. The summed E-state index contributed by atoms with van der Waals surface area (Å²) < 4.78 is 3.28. The Hall–Kier alpha value is -2.73. The summed E-state index contributed by atoms with van der Waals surface area (Å²) in [4.78, 5) is 9.17. The molecule has 27 heavy (non-hydrogen) atoms. The third kappa shape index (κ3) is 3.10. The summed E-state index contributed by atoms with van der Waals surface area (Å²) in [7, 11) is 0. The second-order valence-electron chi connectivity index (χ2n) is 7.14. The Bertz CT molecular complexity index is 1060. The number of benzene rings is 1. The number of para-hydroxylation sites is 1. The Labute approximate surface area is 161 Å². The number of nitrogen functional groups attached to an aromatic ring is 1. The highest BCUT2D eigenvalue weighted by molar-refractivity contribution is 7.21.